The SMILES string of the molecule is CNc1ccccc1S(=O)(=O)NCC1CCSC1. The molecule has 0 spiro atoms. The van der Waals surface area contributed by atoms with Crippen molar-refractivity contribution in [3.63, 3.8) is 0 Å². The van der Waals surface area contributed by atoms with Crippen LogP contribution in [0, 0.1) is 5.92 Å². The molecule has 4 nitrogen and oxygen atoms in total. The van der Waals surface area contributed by atoms with Crippen LogP contribution < -0.4 is 10.0 Å². The number of thioether (sulfide) groups is 1. The van der Waals surface area contributed by atoms with Crippen molar-refractivity contribution in [2.75, 3.05) is 30.4 Å². The van der Waals surface area contributed by atoms with E-state index < -0.39 is 10.0 Å². The van der Waals surface area contributed by atoms with E-state index in [1.807, 2.05) is 17.8 Å². The molecule has 6 heteroatoms. The van der Waals surface area contributed by atoms with E-state index in [0.29, 0.717) is 23.0 Å². The number of nitrogens with one attached hydrogen (secondary N) is 2. The van der Waals surface area contributed by atoms with E-state index in [0.717, 1.165) is 17.9 Å². The van der Waals surface area contributed by atoms with Gasteiger partial charge < -0.3 is 5.32 Å². The summed E-state index contributed by atoms with van der Waals surface area (Å²) in [6, 6.07) is 6.94. The van der Waals surface area contributed by atoms with Gasteiger partial charge in [-0.15, -0.1) is 0 Å². The number of hydrogen-bond acceptors (Lipinski definition) is 4. The van der Waals surface area contributed by atoms with Crippen LogP contribution in [0.15, 0.2) is 29.2 Å². The molecule has 1 heterocycles. The van der Waals surface area contributed by atoms with Gasteiger partial charge in [-0.1, -0.05) is 12.1 Å². The van der Waals surface area contributed by atoms with Gasteiger partial charge in [0.1, 0.15) is 4.90 Å². The molecule has 1 aliphatic rings. The van der Waals surface area contributed by atoms with Crippen LogP contribution in [0.25, 0.3) is 0 Å². The molecule has 1 unspecified atom stereocenters. The Hall–Kier alpha value is -0.720. The lowest BCUT2D eigenvalue weighted by Crippen LogP contribution is -2.29. The van der Waals surface area contributed by atoms with Gasteiger partial charge in [-0.2, -0.15) is 11.8 Å². The van der Waals surface area contributed by atoms with Gasteiger partial charge in [0.2, 0.25) is 10.0 Å². The summed E-state index contributed by atoms with van der Waals surface area (Å²) in [5.74, 6) is 2.65. The fourth-order valence-corrected chi connectivity index (χ4v) is 4.57. The zero-order chi connectivity index (χ0) is 13.0. The molecule has 18 heavy (non-hydrogen) atoms. The highest BCUT2D eigenvalue weighted by Crippen LogP contribution is 2.24. The van der Waals surface area contributed by atoms with E-state index in [9.17, 15) is 8.42 Å². The average molecular weight is 286 g/mol. The van der Waals surface area contributed by atoms with Gasteiger partial charge in [0.05, 0.1) is 5.69 Å². The van der Waals surface area contributed by atoms with Crippen LogP contribution in [0.5, 0.6) is 0 Å². The van der Waals surface area contributed by atoms with Gasteiger partial charge in [-0.25, -0.2) is 13.1 Å². The van der Waals surface area contributed by atoms with E-state index in [2.05, 4.69) is 10.0 Å². The van der Waals surface area contributed by atoms with Gasteiger partial charge in [0.15, 0.2) is 0 Å². The van der Waals surface area contributed by atoms with Crippen molar-refractivity contribution in [2.24, 2.45) is 5.92 Å². The van der Waals surface area contributed by atoms with Crippen molar-refractivity contribution in [1.29, 1.82) is 0 Å². The van der Waals surface area contributed by atoms with Gasteiger partial charge in [0, 0.05) is 13.6 Å². The van der Waals surface area contributed by atoms with Crippen molar-refractivity contribution < 1.29 is 8.42 Å². The fraction of sp³-hybridized carbons (Fsp3) is 0.500. The van der Waals surface area contributed by atoms with Crippen LogP contribution in [0.1, 0.15) is 6.42 Å². The summed E-state index contributed by atoms with van der Waals surface area (Å²) in [6.45, 7) is 0.535. The maximum atomic E-state index is 12.2. The third-order valence-corrected chi connectivity index (χ3v) is 5.75. The molecular formula is C12H18N2O2S2. The molecule has 1 atom stereocenters. The molecule has 1 fully saturated rings. The fourth-order valence-electron chi connectivity index (χ4n) is 1.96. The summed E-state index contributed by atoms with van der Waals surface area (Å²) in [5.41, 5.74) is 0.630. The zero-order valence-electron chi connectivity index (χ0n) is 10.3. The maximum Gasteiger partial charge on any atom is 0.242 e. The molecule has 2 N–H and O–H groups in total. The predicted molar refractivity (Wildman–Crippen MR) is 76.6 cm³/mol. The highest BCUT2D eigenvalue weighted by molar-refractivity contribution is 7.99. The molecule has 0 bridgehead atoms. The first-order valence-corrected chi connectivity index (χ1v) is 8.61. The summed E-state index contributed by atoms with van der Waals surface area (Å²) in [6.07, 6.45) is 1.10. The molecule has 0 saturated carbocycles. The third kappa shape index (κ3) is 3.18. The van der Waals surface area contributed by atoms with Crippen LogP contribution >= 0.6 is 11.8 Å². The molecule has 100 valence electrons. The maximum absolute atomic E-state index is 12.2. The Bertz CT molecular complexity index is 497. The second kappa shape index (κ2) is 5.95. The van der Waals surface area contributed by atoms with Crippen LogP contribution in [0.4, 0.5) is 5.69 Å². The average Bonchev–Trinajstić information content (AvgIpc) is 2.89. The molecule has 0 amide bonds. The van der Waals surface area contributed by atoms with E-state index in [1.165, 1.54) is 0 Å². The Morgan fingerprint density at radius 1 is 1.39 bits per heavy atom. The van der Waals surface area contributed by atoms with Crippen LogP contribution in [0.3, 0.4) is 0 Å². The molecule has 0 radical (unpaired) electrons. The van der Waals surface area contributed by atoms with Crippen molar-refractivity contribution in [3.8, 4) is 0 Å². The standard InChI is InChI=1S/C12H18N2O2S2/c1-13-11-4-2-3-5-12(11)18(15,16)14-8-10-6-7-17-9-10/h2-5,10,13-14H,6-9H2,1H3. The second-order valence-corrected chi connectivity index (χ2v) is 7.21. The Balaban J connectivity index is 2.09. The molecular weight excluding hydrogens is 268 g/mol. The van der Waals surface area contributed by atoms with E-state index in [1.54, 1.807) is 25.2 Å². The highest BCUT2D eigenvalue weighted by atomic mass is 32.2. The number of anilines is 1. The lowest BCUT2D eigenvalue weighted by molar-refractivity contribution is 0.546. The summed E-state index contributed by atoms with van der Waals surface area (Å²) in [4.78, 5) is 0.318. The Morgan fingerprint density at radius 2 is 2.17 bits per heavy atom. The minimum absolute atomic E-state index is 0.318. The van der Waals surface area contributed by atoms with Crippen molar-refractivity contribution in [3.05, 3.63) is 24.3 Å². The second-order valence-electron chi connectivity index (χ2n) is 4.33. The van der Waals surface area contributed by atoms with Crippen molar-refractivity contribution >= 4 is 27.5 Å². The smallest absolute Gasteiger partial charge is 0.242 e. The van der Waals surface area contributed by atoms with Crippen molar-refractivity contribution in [2.45, 2.75) is 11.3 Å². The monoisotopic (exact) mass is 286 g/mol. The topological polar surface area (TPSA) is 58.2 Å². The first kappa shape index (κ1) is 13.7. The molecule has 2 rings (SSSR count). The Labute approximate surface area is 113 Å². The zero-order valence-corrected chi connectivity index (χ0v) is 12.0. The molecule has 1 saturated heterocycles. The number of rotatable bonds is 5. The number of para-hydroxylation sites is 1. The Morgan fingerprint density at radius 3 is 2.83 bits per heavy atom. The van der Waals surface area contributed by atoms with Gasteiger partial charge >= 0.3 is 0 Å². The lowest BCUT2D eigenvalue weighted by Gasteiger charge is -2.13. The van der Waals surface area contributed by atoms with Crippen LogP contribution in [0.2, 0.25) is 0 Å². The van der Waals surface area contributed by atoms with Gasteiger partial charge in [-0.05, 0) is 36.0 Å². The predicted octanol–water partition coefficient (Wildman–Crippen LogP) is 1.76. The normalized spacial score (nSPS) is 19.9. The van der Waals surface area contributed by atoms with E-state index >= 15 is 0 Å². The quantitative estimate of drug-likeness (QED) is 0.866. The van der Waals surface area contributed by atoms with Gasteiger partial charge in [0.25, 0.3) is 0 Å². The lowest BCUT2D eigenvalue weighted by atomic mass is 10.1. The molecule has 0 aromatic heterocycles. The first-order chi connectivity index (χ1) is 8.63. The van der Waals surface area contributed by atoms with E-state index in [4.69, 9.17) is 0 Å². The largest absolute Gasteiger partial charge is 0.387 e. The van der Waals surface area contributed by atoms with Gasteiger partial charge in [-0.3, -0.25) is 0 Å². The summed E-state index contributed by atoms with van der Waals surface area (Å²) < 4.78 is 27.1. The highest BCUT2D eigenvalue weighted by Gasteiger charge is 2.21. The molecule has 1 aromatic carbocycles. The summed E-state index contributed by atoms with van der Waals surface area (Å²) in [7, 11) is -1.69. The summed E-state index contributed by atoms with van der Waals surface area (Å²) >= 11 is 1.89. The molecule has 1 aromatic rings. The molecule has 1 aliphatic heterocycles. The summed E-state index contributed by atoms with van der Waals surface area (Å²) in [5, 5.41) is 2.91. The molecule has 0 aliphatic carbocycles. The number of benzene rings is 1. The van der Waals surface area contributed by atoms with Crippen LogP contribution in [-0.4, -0.2) is 33.5 Å². The third-order valence-electron chi connectivity index (χ3n) is 3.03. The number of hydrogen-bond donors (Lipinski definition) is 2. The minimum atomic E-state index is -3.41. The minimum Gasteiger partial charge on any atom is -0.387 e. The van der Waals surface area contributed by atoms with E-state index in [-0.39, 0.29) is 0 Å². The number of sulfonamides is 1. The first-order valence-electron chi connectivity index (χ1n) is 5.97. The Kier molecular flexibility index (Phi) is 4.53. The van der Waals surface area contributed by atoms with Crippen LogP contribution in [-0.2, 0) is 10.0 Å². The van der Waals surface area contributed by atoms with Crippen molar-refractivity contribution in [1.82, 2.24) is 4.72 Å².